The van der Waals surface area contributed by atoms with E-state index in [1.165, 1.54) is 6.07 Å². The third-order valence-corrected chi connectivity index (χ3v) is 6.98. The van der Waals surface area contributed by atoms with Crippen molar-refractivity contribution in [1.29, 1.82) is 0 Å². The maximum atomic E-state index is 15.0. The number of benzene rings is 3. The van der Waals surface area contributed by atoms with E-state index in [1.54, 1.807) is 24.3 Å². The predicted octanol–water partition coefficient (Wildman–Crippen LogP) is 8.17. The average molecular weight is 481 g/mol. The molecule has 0 atom stereocenters. The molecule has 5 heteroatoms. The normalized spacial score (nSPS) is 17.9. The summed E-state index contributed by atoms with van der Waals surface area (Å²) in [6.45, 7) is 4.02. The van der Waals surface area contributed by atoms with Crippen LogP contribution in [0.5, 0.6) is 0 Å². The molecule has 2 nitrogen and oxygen atoms in total. The number of carbonyl (C=O) groups is 1. The standard InChI is InChI=1S/C30H31F3O2/c1-3-5-22-10-11-23(18-27(22)31)30(34)35-24-14-12-21(13-15-24)26-17-16-25(28(32)29(26)33)20-8-6-19(4-2)7-9-20/h6-11,16-18,21,24H,3-5,12-15H2,1-2H3. The Bertz CT molecular complexity index is 1180. The summed E-state index contributed by atoms with van der Waals surface area (Å²) in [5.41, 5.74) is 3.20. The van der Waals surface area contributed by atoms with Crippen molar-refractivity contribution in [2.45, 2.75) is 70.8 Å². The summed E-state index contributed by atoms with van der Waals surface area (Å²) in [4.78, 5) is 12.5. The third-order valence-electron chi connectivity index (χ3n) is 6.98. The number of carbonyl (C=O) groups excluding carboxylic acids is 1. The van der Waals surface area contributed by atoms with Crippen LogP contribution in [0.25, 0.3) is 11.1 Å². The second-order valence-electron chi connectivity index (χ2n) is 9.32. The summed E-state index contributed by atoms with van der Waals surface area (Å²) < 4.78 is 49.8. The van der Waals surface area contributed by atoms with Gasteiger partial charge in [0.25, 0.3) is 0 Å². The summed E-state index contributed by atoms with van der Waals surface area (Å²) >= 11 is 0. The lowest BCUT2D eigenvalue weighted by atomic mass is 9.82. The molecule has 0 aromatic heterocycles. The number of rotatable bonds is 7. The van der Waals surface area contributed by atoms with Crippen molar-refractivity contribution in [3.8, 4) is 11.1 Å². The summed E-state index contributed by atoms with van der Waals surface area (Å²) in [6, 6.07) is 15.3. The molecular formula is C30H31F3O2. The van der Waals surface area contributed by atoms with E-state index in [1.807, 2.05) is 38.1 Å². The highest BCUT2D eigenvalue weighted by Gasteiger charge is 2.28. The molecule has 3 aromatic carbocycles. The van der Waals surface area contributed by atoms with Gasteiger partial charge in [0.05, 0.1) is 5.56 Å². The quantitative estimate of drug-likeness (QED) is 0.319. The van der Waals surface area contributed by atoms with Crippen LogP contribution in [-0.4, -0.2) is 12.1 Å². The van der Waals surface area contributed by atoms with Crippen LogP contribution in [0.4, 0.5) is 13.2 Å². The molecule has 0 aliphatic heterocycles. The van der Waals surface area contributed by atoms with Gasteiger partial charge in [-0.15, -0.1) is 0 Å². The Morgan fingerprint density at radius 3 is 2.23 bits per heavy atom. The molecule has 0 unspecified atom stereocenters. The lowest BCUT2D eigenvalue weighted by Crippen LogP contribution is -2.24. The lowest BCUT2D eigenvalue weighted by Gasteiger charge is -2.29. The summed E-state index contributed by atoms with van der Waals surface area (Å²) in [5, 5.41) is 0. The lowest BCUT2D eigenvalue weighted by molar-refractivity contribution is 0.0193. The molecule has 184 valence electrons. The number of esters is 1. The van der Waals surface area contributed by atoms with Gasteiger partial charge in [-0.1, -0.05) is 62.7 Å². The van der Waals surface area contributed by atoms with Gasteiger partial charge in [0.1, 0.15) is 11.9 Å². The van der Waals surface area contributed by atoms with E-state index in [4.69, 9.17) is 4.74 Å². The molecule has 0 saturated heterocycles. The first-order chi connectivity index (χ1) is 16.9. The Hall–Kier alpha value is -3.08. The Morgan fingerprint density at radius 2 is 1.60 bits per heavy atom. The smallest absolute Gasteiger partial charge is 0.338 e. The van der Waals surface area contributed by atoms with Gasteiger partial charge in [0, 0.05) is 5.56 Å². The van der Waals surface area contributed by atoms with Crippen LogP contribution < -0.4 is 0 Å². The van der Waals surface area contributed by atoms with Gasteiger partial charge in [0.15, 0.2) is 11.6 Å². The van der Waals surface area contributed by atoms with Crippen molar-refractivity contribution in [2.75, 3.05) is 0 Å². The van der Waals surface area contributed by atoms with Crippen LogP contribution in [0, 0.1) is 17.5 Å². The molecule has 1 fully saturated rings. The average Bonchev–Trinajstić information content (AvgIpc) is 2.87. The first-order valence-corrected chi connectivity index (χ1v) is 12.5. The Labute approximate surface area is 205 Å². The van der Waals surface area contributed by atoms with Crippen LogP contribution in [0.3, 0.4) is 0 Å². The van der Waals surface area contributed by atoms with E-state index in [9.17, 15) is 13.6 Å². The predicted molar refractivity (Wildman–Crippen MR) is 132 cm³/mol. The molecule has 1 aliphatic rings. The topological polar surface area (TPSA) is 26.3 Å². The van der Waals surface area contributed by atoms with Gasteiger partial charge in [-0.05, 0) is 78.8 Å². The second-order valence-corrected chi connectivity index (χ2v) is 9.32. The minimum Gasteiger partial charge on any atom is -0.459 e. The number of hydrogen-bond acceptors (Lipinski definition) is 2. The molecule has 0 N–H and O–H groups in total. The van der Waals surface area contributed by atoms with E-state index in [-0.39, 0.29) is 23.1 Å². The second kappa shape index (κ2) is 11.1. The first-order valence-electron chi connectivity index (χ1n) is 12.5. The van der Waals surface area contributed by atoms with Crippen LogP contribution in [0.1, 0.15) is 78.9 Å². The molecule has 0 heterocycles. The highest BCUT2D eigenvalue weighted by Crippen LogP contribution is 2.38. The number of ether oxygens (including phenoxy) is 1. The van der Waals surface area contributed by atoms with E-state index < -0.39 is 23.4 Å². The van der Waals surface area contributed by atoms with Gasteiger partial charge >= 0.3 is 5.97 Å². The SMILES string of the molecule is CCCc1ccc(C(=O)OC2CCC(c3ccc(-c4ccc(CC)cc4)c(F)c3F)CC2)cc1F. The van der Waals surface area contributed by atoms with Crippen LogP contribution in [-0.2, 0) is 17.6 Å². The van der Waals surface area contributed by atoms with Crippen molar-refractivity contribution < 1.29 is 22.7 Å². The first kappa shape index (κ1) is 25.0. The van der Waals surface area contributed by atoms with Gasteiger partial charge in [-0.25, -0.2) is 18.0 Å². The van der Waals surface area contributed by atoms with Gasteiger partial charge < -0.3 is 4.74 Å². The van der Waals surface area contributed by atoms with Gasteiger partial charge in [-0.2, -0.15) is 0 Å². The molecule has 35 heavy (non-hydrogen) atoms. The van der Waals surface area contributed by atoms with E-state index in [0.717, 1.165) is 18.4 Å². The van der Waals surface area contributed by atoms with E-state index in [0.29, 0.717) is 48.8 Å². The largest absolute Gasteiger partial charge is 0.459 e. The van der Waals surface area contributed by atoms with Crippen LogP contribution >= 0.6 is 0 Å². The molecule has 0 amide bonds. The zero-order valence-corrected chi connectivity index (χ0v) is 20.3. The molecular weight excluding hydrogens is 449 g/mol. The minimum absolute atomic E-state index is 0.137. The van der Waals surface area contributed by atoms with Gasteiger partial charge in [0.2, 0.25) is 0 Å². The number of aryl methyl sites for hydroxylation is 2. The van der Waals surface area contributed by atoms with E-state index >= 15 is 4.39 Å². The van der Waals surface area contributed by atoms with E-state index in [2.05, 4.69) is 0 Å². The minimum atomic E-state index is -0.825. The van der Waals surface area contributed by atoms with Crippen molar-refractivity contribution in [3.63, 3.8) is 0 Å². The van der Waals surface area contributed by atoms with Crippen molar-refractivity contribution in [2.24, 2.45) is 0 Å². The molecule has 1 saturated carbocycles. The number of hydrogen-bond donors (Lipinski definition) is 0. The Morgan fingerprint density at radius 1 is 0.886 bits per heavy atom. The van der Waals surface area contributed by atoms with Crippen LogP contribution in [0.15, 0.2) is 54.6 Å². The summed E-state index contributed by atoms with van der Waals surface area (Å²) in [7, 11) is 0. The Kier molecular flexibility index (Phi) is 7.94. The molecule has 4 rings (SSSR count). The summed E-state index contributed by atoms with van der Waals surface area (Å²) in [5.74, 6) is -2.71. The molecule has 0 radical (unpaired) electrons. The third kappa shape index (κ3) is 5.61. The Balaban J connectivity index is 1.39. The zero-order valence-electron chi connectivity index (χ0n) is 20.3. The maximum Gasteiger partial charge on any atom is 0.338 e. The molecule has 1 aliphatic carbocycles. The van der Waals surface area contributed by atoms with Gasteiger partial charge in [-0.3, -0.25) is 0 Å². The van der Waals surface area contributed by atoms with Crippen molar-refractivity contribution >= 4 is 5.97 Å². The number of halogens is 3. The fourth-order valence-corrected chi connectivity index (χ4v) is 4.88. The zero-order chi connectivity index (χ0) is 24.9. The molecule has 0 spiro atoms. The fraction of sp³-hybridized carbons (Fsp3) is 0.367. The van der Waals surface area contributed by atoms with Crippen molar-refractivity contribution in [1.82, 2.24) is 0 Å². The molecule has 3 aromatic rings. The fourth-order valence-electron chi connectivity index (χ4n) is 4.88. The van der Waals surface area contributed by atoms with Crippen molar-refractivity contribution in [3.05, 3.63) is 94.3 Å². The highest BCUT2D eigenvalue weighted by atomic mass is 19.2. The van der Waals surface area contributed by atoms with Crippen LogP contribution in [0.2, 0.25) is 0 Å². The maximum absolute atomic E-state index is 15.0. The molecule has 0 bridgehead atoms. The summed E-state index contributed by atoms with van der Waals surface area (Å²) in [6.07, 6.45) is 4.28. The monoisotopic (exact) mass is 480 g/mol. The highest BCUT2D eigenvalue weighted by molar-refractivity contribution is 5.89.